The summed E-state index contributed by atoms with van der Waals surface area (Å²) in [5.74, 6) is -0.307. The van der Waals surface area contributed by atoms with Crippen molar-refractivity contribution in [3.63, 3.8) is 0 Å². The van der Waals surface area contributed by atoms with E-state index >= 15 is 0 Å². The molecule has 0 aromatic heterocycles. The highest BCUT2D eigenvalue weighted by Crippen LogP contribution is 2.16. The van der Waals surface area contributed by atoms with Crippen LogP contribution in [0.5, 0.6) is 0 Å². The van der Waals surface area contributed by atoms with Gasteiger partial charge in [0.1, 0.15) is 0 Å². The Bertz CT molecular complexity index is 907. The first-order valence-corrected chi connectivity index (χ1v) is 10.8. The number of benzene rings is 2. The van der Waals surface area contributed by atoms with Gasteiger partial charge in [-0.15, -0.1) is 0 Å². The predicted octanol–water partition coefficient (Wildman–Crippen LogP) is 3.15. The van der Waals surface area contributed by atoms with Gasteiger partial charge in [-0.25, -0.2) is 13.1 Å². The van der Waals surface area contributed by atoms with Gasteiger partial charge in [0.05, 0.1) is 17.6 Å². The van der Waals surface area contributed by atoms with Crippen LogP contribution in [0.1, 0.15) is 47.8 Å². The summed E-state index contributed by atoms with van der Waals surface area (Å²) in [5, 5.41) is 2.85. The first-order chi connectivity index (χ1) is 13.2. The Kier molecular flexibility index (Phi) is 7.74. The molecule has 0 bridgehead atoms. The molecule has 152 valence electrons. The summed E-state index contributed by atoms with van der Waals surface area (Å²) in [6, 6.07) is 12.4. The second-order valence-electron chi connectivity index (χ2n) is 6.84. The molecule has 0 radical (unpaired) electrons. The van der Waals surface area contributed by atoms with E-state index in [1.54, 1.807) is 19.9 Å². The minimum absolute atomic E-state index is 0.0830. The molecule has 28 heavy (non-hydrogen) atoms. The number of sulfonamides is 1. The van der Waals surface area contributed by atoms with Gasteiger partial charge in [-0.2, -0.15) is 0 Å². The highest BCUT2D eigenvalue weighted by molar-refractivity contribution is 7.89. The Morgan fingerprint density at radius 1 is 1.07 bits per heavy atom. The summed E-state index contributed by atoms with van der Waals surface area (Å²) in [6.07, 6.45) is 0.175. The molecule has 0 aliphatic carbocycles. The standard InChI is InChI=1S/C21H28N2O4S/c1-5-23-28(25,26)19-11-6-16(4)20(12-19)21(24)22-13-17-7-9-18(10-8-17)14-27-15(2)3/h6-12,15,23H,5,13-14H2,1-4H3,(H,22,24). The van der Waals surface area contributed by atoms with Crippen molar-refractivity contribution in [1.82, 2.24) is 10.0 Å². The van der Waals surface area contributed by atoms with Gasteiger partial charge in [-0.05, 0) is 49.6 Å². The molecule has 6 nitrogen and oxygen atoms in total. The third-order valence-corrected chi connectivity index (χ3v) is 5.70. The molecule has 2 aromatic rings. The fourth-order valence-corrected chi connectivity index (χ4v) is 3.65. The Labute approximate surface area is 167 Å². The van der Waals surface area contributed by atoms with Gasteiger partial charge < -0.3 is 10.1 Å². The molecule has 0 saturated heterocycles. The monoisotopic (exact) mass is 404 g/mol. The third-order valence-electron chi connectivity index (χ3n) is 4.16. The van der Waals surface area contributed by atoms with Crippen LogP contribution in [-0.2, 0) is 27.9 Å². The summed E-state index contributed by atoms with van der Waals surface area (Å²) >= 11 is 0. The predicted molar refractivity (Wildman–Crippen MR) is 110 cm³/mol. The Morgan fingerprint density at radius 3 is 2.32 bits per heavy atom. The van der Waals surface area contributed by atoms with Crippen LogP contribution in [0, 0.1) is 6.92 Å². The Balaban J connectivity index is 2.05. The maximum Gasteiger partial charge on any atom is 0.251 e. The number of rotatable bonds is 9. The van der Waals surface area contributed by atoms with Gasteiger partial charge in [0.25, 0.3) is 5.91 Å². The second-order valence-corrected chi connectivity index (χ2v) is 8.60. The Hall–Kier alpha value is -2.22. The fourth-order valence-electron chi connectivity index (χ4n) is 2.58. The van der Waals surface area contributed by atoms with E-state index in [0.29, 0.717) is 24.3 Å². The van der Waals surface area contributed by atoms with Gasteiger partial charge in [-0.1, -0.05) is 37.3 Å². The number of amides is 1. The zero-order valence-corrected chi connectivity index (χ0v) is 17.6. The van der Waals surface area contributed by atoms with Crippen LogP contribution in [0.3, 0.4) is 0 Å². The van der Waals surface area contributed by atoms with Crippen molar-refractivity contribution >= 4 is 15.9 Å². The van der Waals surface area contributed by atoms with Gasteiger partial charge in [0.2, 0.25) is 10.0 Å². The van der Waals surface area contributed by atoms with Crippen molar-refractivity contribution < 1.29 is 17.9 Å². The van der Waals surface area contributed by atoms with Crippen LogP contribution in [0.2, 0.25) is 0 Å². The van der Waals surface area contributed by atoms with Gasteiger partial charge in [0.15, 0.2) is 0 Å². The first kappa shape index (κ1) is 22.1. The number of carbonyl (C=O) groups is 1. The van der Waals surface area contributed by atoms with E-state index in [-0.39, 0.29) is 23.5 Å². The van der Waals surface area contributed by atoms with Gasteiger partial charge in [-0.3, -0.25) is 4.79 Å². The number of nitrogens with one attached hydrogen (secondary N) is 2. The number of aryl methyl sites for hydroxylation is 1. The minimum atomic E-state index is -3.61. The van der Waals surface area contributed by atoms with E-state index in [2.05, 4.69) is 10.0 Å². The lowest BCUT2D eigenvalue weighted by Gasteiger charge is -2.11. The maximum atomic E-state index is 12.6. The van der Waals surface area contributed by atoms with E-state index < -0.39 is 10.0 Å². The van der Waals surface area contributed by atoms with Crippen molar-refractivity contribution in [2.45, 2.75) is 51.8 Å². The van der Waals surface area contributed by atoms with Crippen molar-refractivity contribution in [2.75, 3.05) is 6.54 Å². The second kappa shape index (κ2) is 9.82. The van der Waals surface area contributed by atoms with Crippen LogP contribution in [0.25, 0.3) is 0 Å². The van der Waals surface area contributed by atoms with Gasteiger partial charge >= 0.3 is 0 Å². The van der Waals surface area contributed by atoms with Crippen LogP contribution < -0.4 is 10.0 Å². The maximum absolute atomic E-state index is 12.6. The zero-order valence-electron chi connectivity index (χ0n) is 16.8. The summed E-state index contributed by atoms with van der Waals surface area (Å²) in [4.78, 5) is 12.7. The average Bonchev–Trinajstić information content (AvgIpc) is 2.65. The van der Waals surface area contributed by atoms with Crippen LogP contribution in [0.4, 0.5) is 0 Å². The molecule has 0 fully saturated rings. The molecule has 2 N–H and O–H groups in total. The molecule has 1 amide bonds. The summed E-state index contributed by atoms with van der Waals surface area (Å²) in [6.45, 7) is 8.66. The van der Waals surface area contributed by atoms with Crippen molar-refractivity contribution in [1.29, 1.82) is 0 Å². The molecule has 0 aliphatic rings. The highest BCUT2D eigenvalue weighted by Gasteiger charge is 2.17. The van der Waals surface area contributed by atoms with E-state index in [9.17, 15) is 13.2 Å². The smallest absolute Gasteiger partial charge is 0.251 e. The molecule has 0 unspecified atom stereocenters. The zero-order chi connectivity index (χ0) is 20.7. The molecule has 2 aromatic carbocycles. The molecular weight excluding hydrogens is 376 g/mol. The molecule has 0 saturated carbocycles. The number of hydrogen-bond donors (Lipinski definition) is 2. The Morgan fingerprint density at radius 2 is 1.71 bits per heavy atom. The lowest BCUT2D eigenvalue weighted by atomic mass is 10.1. The minimum Gasteiger partial charge on any atom is -0.374 e. The van der Waals surface area contributed by atoms with Crippen LogP contribution >= 0.6 is 0 Å². The van der Waals surface area contributed by atoms with Crippen LogP contribution in [0.15, 0.2) is 47.4 Å². The molecule has 0 spiro atoms. The topological polar surface area (TPSA) is 84.5 Å². The van der Waals surface area contributed by atoms with Crippen molar-refractivity contribution in [3.05, 3.63) is 64.7 Å². The summed E-state index contributed by atoms with van der Waals surface area (Å²) in [5.41, 5.74) is 3.09. The lowest BCUT2D eigenvalue weighted by molar-refractivity contribution is 0.0657. The van der Waals surface area contributed by atoms with E-state index in [1.165, 1.54) is 12.1 Å². The average molecular weight is 405 g/mol. The third kappa shape index (κ3) is 6.15. The molecular formula is C21H28N2O4S. The van der Waals surface area contributed by atoms with E-state index in [0.717, 1.165) is 11.1 Å². The molecule has 7 heteroatoms. The highest BCUT2D eigenvalue weighted by atomic mass is 32.2. The summed E-state index contributed by atoms with van der Waals surface area (Å²) in [7, 11) is -3.61. The van der Waals surface area contributed by atoms with Crippen molar-refractivity contribution in [2.24, 2.45) is 0 Å². The normalized spacial score (nSPS) is 11.6. The molecule has 2 rings (SSSR count). The van der Waals surface area contributed by atoms with Crippen molar-refractivity contribution in [3.8, 4) is 0 Å². The fraction of sp³-hybridized carbons (Fsp3) is 0.381. The lowest BCUT2D eigenvalue weighted by Crippen LogP contribution is -2.26. The summed E-state index contributed by atoms with van der Waals surface area (Å²) < 4.78 is 32.3. The van der Waals surface area contributed by atoms with E-state index in [1.807, 2.05) is 38.1 Å². The number of ether oxygens (including phenoxy) is 1. The molecule has 0 atom stereocenters. The SMILES string of the molecule is CCNS(=O)(=O)c1ccc(C)c(C(=O)NCc2ccc(COC(C)C)cc2)c1. The van der Waals surface area contributed by atoms with Crippen LogP contribution in [-0.4, -0.2) is 27.0 Å². The number of hydrogen-bond acceptors (Lipinski definition) is 4. The molecule has 0 aliphatic heterocycles. The van der Waals surface area contributed by atoms with Gasteiger partial charge in [0, 0.05) is 18.7 Å². The number of carbonyl (C=O) groups excluding carboxylic acids is 1. The molecule has 0 heterocycles. The largest absolute Gasteiger partial charge is 0.374 e. The quantitative estimate of drug-likeness (QED) is 0.672. The van der Waals surface area contributed by atoms with E-state index in [4.69, 9.17) is 4.74 Å². The first-order valence-electron chi connectivity index (χ1n) is 9.31.